The molecule has 4 heteroatoms. The normalized spacial score (nSPS) is 19.7. The van der Waals surface area contributed by atoms with Crippen LogP contribution in [-0.4, -0.2) is 35.3 Å². The van der Waals surface area contributed by atoms with E-state index in [0.29, 0.717) is 0 Å². The highest BCUT2D eigenvalue weighted by Gasteiger charge is 2.33. The second kappa shape index (κ2) is 6.84. The Kier molecular flexibility index (Phi) is 5.33. The third-order valence-electron chi connectivity index (χ3n) is 3.59. The van der Waals surface area contributed by atoms with E-state index in [1.165, 1.54) is 10.5 Å². The van der Waals surface area contributed by atoms with Gasteiger partial charge >= 0.3 is 5.97 Å². The third kappa shape index (κ3) is 4.75. The highest BCUT2D eigenvalue weighted by Crippen LogP contribution is 2.24. The lowest BCUT2D eigenvalue weighted by molar-refractivity contribution is -0.160. The number of hydrogen-bond donors (Lipinski definition) is 0. The van der Waals surface area contributed by atoms with Crippen molar-refractivity contribution in [3.05, 3.63) is 29.8 Å². The van der Waals surface area contributed by atoms with Crippen LogP contribution in [-0.2, 0) is 16.1 Å². The molecule has 1 aliphatic heterocycles. The van der Waals surface area contributed by atoms with E-state index >= 15 is 0 Å². The Hall–Kier alpha value is -1.00. The van der Waals surface area contributed by atoms with Gasteiger partial charge in [-0.3, -0.25) is 9.69 Å². The number of thioether (sulfide) groups is 1. The molecule has 1 heterocycles. The summed E-state index contributed by atoms with van der Waals surface area (Å²) in [6, 6.07) is 8.48. The number of carbonyl (C=O) groups is 1. The van der Waals surface area contributed by atoms with Gasteiger partial charge in [0.2, 0.25) is 0 Å². The van der Waals surface area contributed by atoms with Crippen LogP contribution in [0.25, 0.3) is 0 Å². The maximum atomic E-state index is 12.3. The monoisotopic (exact) mass is 307 g/mol. The van der Waals surface area contributed by atoms with Gasteiger partial charge in [0.25, 0.3) is 0 Å². The number of rotatable bonds is 4. The Labute approximate surface area is 132 Å². The molecule has 116 valence electrons. The molecule has 1 atom stereocenters. The van der Waals surface area contributed by atoms with Crippen LogP contribution in [0.3, 0.4) is 0 Å². The summed E-state index contributed by atoms with van der Waals surface area (Å²) in [5, 5.41) is 0. The summed E-state index contributed by atoms with van der Waals surface area (Å²) in [4.78, 5) is 15.8. The second-order valence-electron chi connectivity index (χ2n) is 6.51. The Bertz CT molecular complexity index is 479. The van der Waals surface area contributed by atoms with Crippen molar-refractivity contribution >= 4 is 17.7 Å². The minimum Gasteiger partial charge on any atom is -0.459 e. The van der Waals surface area contributed by atoms with E-state index in [4.69, 9.17) is 4.74 Å². The van der Waals surface area contributed by atoms with Gasteiger partial charge in [0.1, 0.15) is 11.6 Å². The molecule has 21 heavy (non-hydrogen) atoms. The fraction of sp³-hybridized carbons (Fsp3) is 0.588. The van der Waals surface area contributed by atoms with Crippen LogP contribution in [0.15, 0.2) is 29.2 Å². The summed E-state index contributed by atoms with van der Waals surface area (Å²) in [6.45, 7) is 7.55. The fourth-order valence-electron chi connectivity index (χ4n) is 2.62. The van der Waals surface area contributed by atoms with Crippen molar-refractivity contribution in [1.29, 1.82) is 0 Å². The minimum atomic E-state index is -0.411. The van der Waals surface area contributed by atoms with Crippen molar-refractivity contribution in [2.45, 2.75) is 56.7 Å². The number of benzene rings is 1. The fourth-order valence-corrected chi connectivity index (χ4v) is 3.03. The number of carbonyl (C=O) groups excluding carboxylic acids is 1. The van der Waals surface area contributed by atoms with Crippen LogP contribution in [0.2, 0.25) is 0 Å². The van der Waals surface area contributed by atoms with Crippen LogP contribution in [0.5, 0.6) is 0 Å². The molecular weight excluding hydrogens is 282 g/mol. The quantitative estimate of drug-likeness (QED) is 0.626. The predicted octanol–water partition coefficient (Wildman–Crippen LogP) is 3.71. The summed E-state index contributed by atoms with van der Waals surface area (Å²) in [5.41, 5.74) is 0.842. The van der Waals surface area contributed by atoms with E-state index in [1.807, 2.05) is 20.8 Å². The topological polar surface area (TPSA) is 29.5 Å². The standard InChI is InChI=1S/C17H25NO2S/c1-17(2,3)20-16(19)15-6-5-11-18(15)12-13-7-9-14(21-4)10-8-13/h7-10,15H,5-6,11-12H2,1-4H3/t15-/m1/s1. The highest BCUT2D eigenvalue weighted by molar-refractivity contribution is 7.98. The molecular formula is C17H25NO2S. The first kappa shape index (κ1) is 16.4. The lowest BCUT2D eigenvalue weighted by atomic mass is 10.1. The Morgan fingerprint density at radius 2 is 2.00 bits per heavy atom. The van der Waals surface area contributed by atoms with Crippen LogP contribution >= 0.6 is 11.8 Å². The first-order valence-electron chi connectivity index (χ1n) is 7.49. The van der Waals surface area contributed by atoms with Gasteiger partial charge in [-0.05, 0) is 64.1 Å². The van der Waals surface area contributed by atoms with Gasteiger partial charge in [0.05, 0.1) is 0 Å². The molecule has 1 aromatic rings. The molecule has 0 radical (unpaired) electrons. The molecule has 3 nitrogen and oxygen atoms in total. The molecule has 1 aliphatic rings. The molecule has 0 saturated carbocycles. The molecule has 0 N–H and O–H groups in total. The molecule has 0 bridgehead atoms. The molecule has 0 aromatic heterocycles. The third-order valence-corrected chi connectivity index (χ3v) is 4.33. The van der Waals surface area contributed by atoms with Gasteiger partial charge in [-0.2, -0.15) is 0 Å². The van der Waals surface area contributed by atoms with E-state index in [2.05, 4.69) is 35.4 Å². The Morgan fingerprint density at radius 3 is 2.57 bits per heavy atom. The van der Waals surface area contributed by atoms with Crippen molar-refractivity contribution in [2.75, 3.05) is 12.8 Å². The van der Waals surface area contributed by atoms with Crippen molar-refractivity contribution in [2.24, 2.45) is 0 Å². The lowest BCUT2D eigenvalue weighted by Crippen LogP contribution is -2.40. The number of likely N-dealkylation sites (tertiary alicyclic amines) is 1. The summed E-state index contributed by atoms with van der Waals surface area (Å²) < 4.78 is 5.54. The van der Waals surface area contributed by atoms with Crippen LogP contribution in [0.4, 0.5) is 0 Å². The van der Waals surface area contributed by atoms with Gasteiger partial charge in [0.15, 0.2) is 0 Å². The molecule has 2 rings (SSSR count). The SMILES string of the molecule is CSc1ccc(CN2CCC[C@@H]2C(=O)OC(C)(C)C)cc1. The molecule has 0 amide bonds. The summed E-state index contributed by atoms with van der Waals surface area (Å²) in [5.74, 6) is -0.0827. The zero-order chi connectivity index (χ0) is 15.5. The van der Waals surface area contributed by atoms with E-state index in [1.54, 1.807) is 11.8 Å². The average Bonchev–Trinajstić information content (AvgIpc) is 2.86. The first-order valence-corrected chi connectivity index (χ1v) is 8.71. The number of esters is 1. The molecule has 1 saturated heterocycles. The molecule has 0 aliphatic carbocycles. The van der Waals surface area contributed by atoms with Crippen LogP contribution in [0, 0.1) is 0 Å². The van der Waals surface area contributed by atoms with Crippen molar-refractivity contribution in [3.8, 4) is 0 Å². The first-order chi connectivity index (χ1) is 9.89. The minimum absolute atomic E-state index is 0.0827. The second-order valence-corrected chi connectivity index (χ2v) is 7.39. The average molecular weight is 307 g/mol. The number of hydrogen-bond acceptors (Lipinski definition) is 4. The summed E-state index contributed by atoms with van der Waals surface area (Å²) >= 11 is 1.74. The summed E-state index contributed by atoms with van der Waals surface area (Å²) in [6.07, 6.45) is 4.04. The van der Waals surface area contributed by atoms with Gasteiger partial charge in [-0.1, -0.05) is 12.1 Å². The van der Waals surface area contributed by atoms with Gasteiger partial charge in [0, 0.05) is 11.4 Å². The zero-order valence-corrected chi connectivity index (χ0v) is 14.2. The van der Waals surface area contributed by atoms with Gasteiger partial charge in [-0.15, -0.1) is 11.8 Å². The molecule has 0 spiro atoms. The Morgan fingerprint density at radius 1 is 1.33 bits per heavy atom. The van der Waals surface area contributed by atoms with E-state index in [-0.39, 0.29) is 12.0 Å². The van der Waals surface area contributed by atoms with E-state index < -0.39 is 5.60 Å². The molecule has 1 aromatic carbocycles. The van der Waals surface area contributed by atoms with E-state index in [9.17, 15) is 4.79 Å². The van der Waals surface area contributed by atoms with Gasteiger partial charge < -0.3 is 4.74 Å². The molecule has 0 unspecified atom stereocenters. The smallest absolute Gasteiger partial charge is 0.323 e. The van der Waals surface area contributed by atoms with E-state index in [0.717, 1.165) is 25.9 Å². The largest absolute Gasteiger partial charge is 0.459 e. The highest BCUT2D eigenvalue weighted by atomic mass is 32.2. The number of nitrogens with zero attached hydrogens (tertiary/aromatic N) is 1. The Balaban J connectivity index is 1.99. The van der Waals surface area contributed by atoms with Crippen molar-refractivity contribution in [3.63, 3.8) is 0 Å². The lowest BCUT2D eigenvalue weighted by Gasteiger charge is -2.27. The summed E-state index contributed by atoms with van der Waals surface area (Å²) in [7, 11) is 0. The van der Waals surface area contributed by atoms with Gasteiger partial charge in [-0.25, -0.2) is 0 Å². The van der Waals surface area contributed by atoms with Crippen LogP contribution in [0.1, 0.15) is 39.2 Å². The van der Waals surface area contributed by atoms with Crippen LogP contribution < -0.4 is 0 Å². The maximum absolute atomic E-state index is 12.3. The molecule has 1 fully saturated rings. The maximum Gasteiger partial charge on any atom is 0.323 e. The zero-order valence-electron chi connectivity index (χ0n) is 13.4. The number of ether oxygens (including phenoxy) is 1. The predicted molar refractivity (Wildman–Crippen MR) is 87.5 cm³/mol. The van der Waals surface area contributed by atoms with Crippen molar-refractivity contribution in [1.82, 2.24) is 4.90 Å². The van der Waals surface area contributed by atoms with Crippen molar-refractivity contribution < 1.29 is 9.53 Å².